The lowest BCUT2D eigenvalue weighted by Crippen LogP contribution is -2.33. The fourth-order valence-electron chi connectivity index (χ4n) is 5.19. The van der Waals surface area contributed by atoms with Crippen molar-refractivity contribution in [2.45, 2.75) is 45.0 Å². The van der Waals surface area contributed by atoms with Gasteiger partial charge in [-0.1, -0.05) is 61.2 Å². The molecule has 2 heterocycles. The van der Waals surface area contributed by atoms with Gasteiger partial charge in [0.1, 0.15) is 12.1 Å². The SMILES string of the molecule is CCc1cccc(C)c1N1C(=O)CS/C1=N\C(=O)NC1CC1c1ccc(-c2ncn(-c3ccc(OC(F)(F)F)cc3)n2)cc1. The first-order valence-electron chi connectivity index (χ1n) is 13.9. The minimum absolute atomic E-state index is 0.0699. The van der Waals surface area contributed by atoms with Crippen molar-refractivity contribution in [3.8, 4) is 22.8 Å². The fraction of sp³-hybridized carbons (Fsp3) is 0.258. The van der Waals surface area contributed by atoms with Crippen LogP contribution in [0, 0.1) is 6.92 Å². The monoisotopic (exact) mass is 620 g/mol. The third-order valence-corrected chi connectivity index (χ3v) is 8.33. The number of nitrogens with zero attached hydrogens (tertiary/aromatic N) is 5. The van der Waals surface area contributed by atoms with Crippen LogP contribution in [0.1, 0.15) is 36.0 Å². The number of alkyl halides is 3. The number of aliphatic imine (C=N–C) groups is 1. The lowest BCUT2D eigenvalue weighted by Gasteiger charge is -2.21. The standard InChI is InChI=1S/C31H27F3N6O3S/c1-3-19-6-4-5-18(2)27(19)40-26(41)16-44-30(40)37-29(42)36-25-15-24(25)20-7-9-21(10-8-20)28-35-17-39(38-28)22-11-13-23(14-12-22)43-31(32,33)34/h4-14,17,24-25H,3,15-16H2,1-2H3,(H,36,42)/b37-30-. The second-order valence-corrected chi connectivity index (χ2v) is 11.4. The van der Waals surface area contributed by atoms with Crippen molar-refractivity contribution in [1.82, 2.24) is 20.1 Å². The normalized spacial score (nSPS) is 19.0. The van der Waals surface area contributed by atoms with Crippen LogP contribution in [0.5, 0.6) is 5.75 Å². The molecule has 2 fully saturated rings. The maximum atomic E-state index is 12.9. The summed E-state index contributed by atoms with van der Waals surface area (Å²) in [6.45, 7) is 3.98. The number of carbonyl (C=O) groups is 2. The van der Waals surface area contributed by atoms with Crippen LogP contribution in [0.3, 0.4) is 0 Å². The molecule has 226 valence electrons. The number of amidine groups is 1. The van der Waals surface area contributed by atoms with Gasteiger partial charge in [0.2, 0.25) is 5.91 Å². The zero-order chi connectivity index (χ0) is 31.0. The van der Waals surface area contributed by atoms with Gasteiger partial charge < -0.3 is 10.1 Å². The van der Waals surface area contributed by atoms with Crippen LogP contribution in [0.25, 0.3) is 17.1 Å². The smallest absolute Gasteiger partial charge is 0.406 e. The van der Waals surface area contributed by atoms with Crippen molar-refractivity contribution in [3.05, 3.63) is 89.7 Å². The summed E-state index contributed by atoms with van der Waals surface area (Å²) in [5.41, 5.74) is 5.12. The summed E-state index contributed by atoms with van der Waals surface area (Å²) in [7, 11) is 0. The molecule has 2 atom stereocenters. The molecular formula is C31H27F3N6O3S. The highest BCUT2D eigenvalue weighted by Gasteiger charge is 2.40. The first-order chi connectivity index (χ1) is 21.1. The van der Waals surface area contributed by atoms with E-state index in [9.17, 15) is 22.8 Å². The number of ether oxygens (including phenoxy) is 1. The Morgan fingerprint density at radius 3 is 2.57 bits per heavy atom. The Bertz CT molecular complexity index is 1740. The van der Waals surface area contributed by atoms with E-state index < -0.39 is 12.4 Å². The number of amides is 3. The molecule has 9 nitrogen and oxygen atoms in total. The molecule has 1 saturated carbocycles. The van der Waals surface area contributed by atoms with Gasteiger partial charge in [-0.25, -0.2) is 14.5 Å². The Balaban J connectivity index is 1.08. The minimum Gasteiger partial charge on any atom is -0.406 e. The lowest BCUT2D eigenvalue weighted by atomic mass is 10.0. The average Bonchev–Trinajstić information content (AvgIpc) is 3.40. The van der Waals surface area contributed by atoms with Gasteiger partial charge >= 0.3 is 12.4 Å². The quantitative estimate of drug-likeness (QED) is 0.257. The number of nitrogens with one attached hydrogen (secondary N) is 1. The van der Waals surface area contributed by atoms with Crippen LogP contribution in [0.4, 0.5) is 23.7 Å². The summed E-state index contributed by atoms with van der Waals surface area (Å²) in [5.74, 6) is 0.409. The van der Waals surface area contributed by atoms with E-state index in [1.807, 2.05) is 56.3 Å². The molecule has 2 aliphatic rings. The predicted molar refractivity (Wildman–Crippen MR) is 161 cm³/mol. The summed E-state index contributed by atoms with van der Waals surface area (Å²) in [4.78, 5) is 35.8. The molecule has 3 aromatic carbocycles. The molecule has 3 amide bonds. The van der Waals surface area contributed by atoms with E-state index in [0.29, 0.717) is 16.7 Å². The van der Waals surface area contributed by atoms with Crippen LogP contribution >= 0.6 is 11.8 Å². The maximum absolute atomic E-state index is 12.9. The van der Waals surface area contributed by atoms with Crippen LogP contribution in [0.15, 0.2) is 78.0 Å². The van der Waals surface area contributed by atoms with Gasteiger partial charge in [0.15, 0.2) is 11.0 Å². The number of para-hydroxylation sites is 1. The van der Waals surface area contributed by atoms with Crippen molar-refractivity contribution in [1.29, 1.82) is 0 Å². The molecule has 2 unspecified atom stereocenters. The molecule has 1 aliphatic carbocycles. The number of carbonyl (C=O) groups excluding carboxylic acids is 2. The third-order valence-electron chi connectivity index (χ3n) is 7.41. The number of rotatable bonds is 7. The molecule has 1 N–H and O–H groups in total. The van der Waals surface area contributed by atoms with Gasteiger partial charge in [0, 0.05) is 17.5 Å². The van der Waals surface area contributed by atoms with E-state index >= 15 is 0 Å². The topological polar surface area (TPSA) is 102 Å². The second-order valence-electron chi connectivity index (χ2n) is 10.4. The van der Waals surface area contributed by atoms with Crippen molar-refractivity contribution >= 4 is 34.6 Å². The Morgan fingerprint density at radius 2 is 1.86 bits per heavy atom. The van der Waals surface area contributed by atoms with Crippen molar-refractivity contribution in [3.63, 3.8) is 0 Å². The average molecular weight is 621 g/mol. The molecule has 1 aromatic heterocycles. The van der Waals surface area contributed by atoms with Gasteiger partial charge in [0.25, 0.3) is 0 Å². The molecule has 4 aromatic rings. The first-order valence-corrected chi connectivity index (χ1v) is 14.9. The van der Waals surface area contributed by atoms with Gasteiger partial charge in [-0.15, -0.1) is 18.3 Å². The summed E-state index contributed by atoms with van der Waals surface area (Å²) in [6.07, 6.45) is -1.75. The van der Waals surface area contributed by atoms with Gasteiger partial charge in [-0.2, -0.15) is 4.99 Å². The number of urea groups is 1. The fourth-order valence-corrected chi connectivity index (χ4v) is 6.04. The summed E-state index contributed by atoms with van der Waals surface area (Å²) in [5, 5.41) is 7.79. The van der Waals surface area contributed by atoms with Crippen molar-refractivity contribution < 1.29 is 27.5 Å². The van der Waals surface area contributed by atoms with Gasteiger partial charge in [-0.05, 0) is 60.7 Å². The number of aryl methyl sites for hydroxylation is 2. The highest BCUT2D eigenvalue weighted by molar-refractivity contribution is 8.15. The number of halogens is 3. The molecular weight excluding hydrogens is 593 g/mol. The van der Waals surface area contributed by atoms with E-state index in [-0.39, 0.29) is 29.4 Å². The number of aromatic nitrogens is 3. The lowest BCUT2D eigenvalue weighted by molar-refractivity contribution is -0.274. The third kappa shape index (κ3) is 6.32. The molecule has 1 saturated heterocycles. The molecule has 44 heavy (non-hydrogen) atoms. The second kappa shape index (κ2) is 11.8. The highest BCUT2D eigenvalue weighted by atomic mass is 32.2. The van der Waals surface area contributed by atoms with Crippen molar-refractivity contribution in [2.24, 2.45) is 4.99 Å². The number of hydrogen-bond acceptors (Lipinski definition) is 6. The molecule has 1 aliphatic heterocycles. The Kier molecular flexibility index (Phi) is 7.89. The highest BCUT2D eigenvalue weighted by Crippen LogP contribution is 2.41. The minimum atomic E-state index is -4.76. The largest absolute Gasteiger partial charge is 0.573 e. The van der Waals surface area contributed by atoms with E-state index in [1.54, 1.807) is 4.90 Å². The zero-order valence-electron chi connectivity index (χ0n) is 23.7. The van der Waals surface area contributed by atoms with Crippen LogP contribution in [0.2, 0.25) is 0 Å². The molecule has 6 rings (SSSR count). The maximum Gasteiger partial charge on any atom is 0.573 e. The number of benzene rings is 3. The van der Waals surface area contributed by atoms with Crippen LogP contribution in [-0.4, -0.2) is 50.0 Å². The number of anilines is 1. The first kappa shape index (κ1) is 29.4. The zero-order valence-corrected chi connectivity index (χ0v) is 24.5. The summed E-state index contributed by atoms with van der Waals surface area (Å²) >= 11 is 1.26. The van der Waals surface area contributed by atoms with Gasteiger partial charge in [0.05, 0.1) is 17.1 Å². The Labute approximate surface area is 255 Å². The molecule has 0 spiro atoms. The van der Waals surface area contributed by atoms with E-state index in [4.69, 9.17) is 0 Å². The van der Waals surface area contributed by atoms with Gasteiger partial charge in [-0.3, -0.25) is 9.69 Å². The molecule has 13 heteroatoms. The number of thioether (sulfide) groups is 1. The van der Waals surface area contributed by atoms with Crippen LogP contribution in [-0.2, 0) is 11.2 Å². The van der Waals surface area contributed by atoms with E-state index in [0.717, 1.165) is 40.8 Å². The van der Waals surface area contributed by atoms with Crippen LogP contribution < -0.4 is 15.0 Å². The number of hydrogen-bond donors (Lipinski definition) is 1. The summed E-state index contributed by atoms with van der Waals surface area (Å²) in [6, 6.07) is 18.4. The van der Waals surface area contributed by atoms with E-state index in [1.165, 1.54) is 47.0 Å². The summed E-state index contributed by atoms with van der Waals surface area (Å²) < 4.78 is 42.6. The Hall–Kier alpha value is -4.65. The van der Waals surface area contributed by atoms with E-state index in [2.05, 4.69) is 25.1 Å². The van der Waals surface area contributed by atoms with Crippen molar-refractivity contribution in [2.75, 3.05) is 10.7 Å². The Morgan fingerprint density at radius 1 is 1.11 bits per heavy atom. The molecule has 0 bridgehead atoms. The molecule has 0 radical (unpaired) electrons. The predicted octanol–water partition coefficient (Wildman–Crippen LogP) is 6.41.